The first-order valence-corrected chi connectivity index (χ1v) is 5.95. The minimum Gasteiger partial charge on any atom is -0.309 e. The Kier molecular flexibility index (Phi) is 4.74. The van der Waals surface area contributed by atoms with Gasteiger partial charge in [0.25, 0.3) is 0 Å². The van der Waals surface area contributed by atoms with Crippen LogP contribution >= 0.6 is 0 Å². The van der Waals surface area contributed by atoms with Crippen LogP contribution in [0.4, 0.5) is 0 Å². The summed E-state index contributed by atoms with van der Waals surface area (Å²) in [5.41, 5.74) is 1.35. The van der Waals surface area contributed by atoms with Crippen molar-refractivity contribution >= 4 is 6.08 Å². The van der Waals surface area contributed by atoms with E-state index in [2.05, 4.69) is 56.5 Å². The van der Waals surface area contributed by atoms with Gasteiger partial charge in [0.1, 0.15) is 0 Å². The molecule has 0 saturated heterocycles. The van der Waals surface area contributed by atoms with Crippen LogP contribution in [0.2, 0.25) is 0 Å². The average Bonchev–Trinajstić information content (AvgIpc) is 2.60. The van der Waals surface area contributed by atoms with Crippen molar-refractivity contribution in [3.05, 3.63) is 24.0 Å². The molecule has 1 aromatic rings. The quantitative estimate of drug-likeness (QED) is 0.828. The monoisotopic (exact) mass is 221 g/mol. The van der Waals surface area contributed by atoms with Crippen LogP contribution in [0.25, 0.3) is 6.08 Å². The van der Waals surface area contributed by atoms with Crippen molar-refractivity contribution in [2.24, 2.45) is 0 Å². The lowest BCUT2D eigenvalue weighted by Crippen LogP contribution is -2.35. The molecule has 0 aliphatic carbocycles. The molecular weight excluding hydrogens is 198 g/mol. The maximum atomic E-state index is 4.28. The number of nitrogens with zero attached hydrogens (tertiary/aromatic N) is 2. The number of rotatable bonds is 5. The Labute approximate surface area is 98.5 Å². The molecule has 0 bridgehead atoms. The fourth-order valence-electron chi connectivity index (χ4n) is 1.38. The highest BCUT2D eigenvalue weighted by molar-refractivity contribution is 5.46. The molecule has 0 unspecified atom stereocenters. The first-order chi connectivity index (χ1) is 7.51. The predicted octanol–water partition coefficient (Wildman–Crippen LogP) is 2.69. The molecule has 0 aliphatic rings. The minimum atomic E-state index is 0.177. The molecule has 0 aromatic carbocycles. The van der Waals surface area contributed by atoms with Gasteiger partial charge in [-0.3, -0.25) is 4.68 Å². The van der Waals surface area contributed by atoms with Crippen molar-refractivity contribution in [2.45, 2.75) is 46.2 Å². The van der Waals surface area contributed by atoms with Gasteiger partial charge in [0, 0.05) is 30.4 Å². The Morgan fingerprint density at radius 1 is 1.44 bits per heavy atom. The molecule has 0 atom stereocenters. The van der Waals surface area contributed by atoms with Gasteiger partial charge >= 0.3 is 0 Å². The molecule has 1 aromatic heterocycles. The van der Waals surface area contributed by atoms with Crippen molar-refractivity contribution < 1.29 is 0 Å². The van der Waals surface area contributed by atoms with Gasteiger partial charge in [-0.1, -0.05) is 19.1 Å². The van der Waals surface area contributed by atoms with Crippen molar-refractivity contribution in [1.82, 2.24) is 15.1 Å². The van der Waals surface area contributed by atoms with Crippen LogP contribution in [0.5, 0.6) is 0 Å². The van der Waals surface area contributed by atoms with Crippen LogP contribution < -0.4 is 5.32 Å². The summed E-state index contributed by atoms with van der Waals surface area (Å²) in [6.07, 6.45) is 9.35. The molecule has 16 heavy (non-hydrogen) atoms. The van der Waals surface area contributed by atoms with Gasteiger partial charge < -0.3 is 5.32 Å². The number of aryl methyl sites for hydroxylation is 1. The van der Waals surface area contributed by atoms with Gasteiger partial charge in [-0.25, -0.2) is 0 Å². The van der Waals surface area contributed by atoms with E-state index in [0.717, 1.165) is 19.5 Å². The van der Waals surface area contributed by atoms with Crippen molar-refractivity contribution in [3.63, 3.8) is 0 Å². The third-order valence-electron chi connectivity index (χ3n) is 2.17. The molecular formula is C13H23N3. The summed E-state index contributed by atoms with van der Waals surface area (Å²) in [6.45, 7) is 10.5. The highest BCUT2D eigenvalue weighted by Gasteiger charge is 2.05. The molecule has 3 nitrogen and oxygen atoms in total. The second kappa shape index (κ2) is 5.85. The number of hydrogen-bond donors (Lipinski definition) is 1. The molecule has 0 saturated carbocycles. The van der Waals surface area contributed by atoms with E-state index in [1.54, 1.807) is 0 Å². The normalized spacial score (nSPS) is 12.5. The van der Waals surface area contributed by atoms with Gasteiger partial charge in [0.05, 0.1) is 6.20 Å². The van der Waals surface area contributed by atoms with E-state index in [9.17, 15) is 0 Å². The van der Waals surface area contributed by atoms with Crippen LogP contribution in [0.15, 0.2) is 18.5 Å². The molecule has 3 heteroatoms. The van der Waals surface area contributed by atoms with Crippen LogP contribution in [-0.4, -0.2) is 21.9 Å². The van der Waals surface area contributed by atoms with Gasteiger partial charge in [0.15, 0.2) is 0 Å². The lowest BCUT2D eigenvalue weighted by atomic mass is 10.1. The smallest absolute Gasteiger partial charge is 0.0562 e. The number of nitrogens with one attached hydrogen (secondary N) is 1. The molecule has 0 radical (unpaired) electrons. The van der Waals surface area contributed by atoms with E-state index < -0.39 is 0 Å². The Balaban J connectivity index is 2.38. The summed E-state index contributed by atoms with van der Waals surface area (Å²) in [4.78, 5) is 0. The van der Waals surface area contributed by atoms with E-state index in [1.807, 2.05) is 10.9 Å². The Morgan fingerprint density at radius 3 is 2.81 bits per heavy atom. The number of hydrogen-bond acceptors (Lipinski definition) is 2. The molecule has 0 fully saturated rings. The predicted molar refractivity (Wildman–Crippen MR) is 69.3 cm³/mol. The zero-order chi connectivity index (χ0) is 12.0. The lowest BCUT2D eigenvalue weighted by Gasteiger charge is -2.18. The largest absolute Gasteiger partial charge is 0.309 e. The highest BCUT2D eigenvalue weighted by atomic mass is 15.3. The topological polar surface area (TPSA) is 29.9 Å². The van der Waals surface area contributed by atoms with Gasteiger partial charge in [-0.05, 0) is 27.2 Å². The van der Waals surface area contributed by atoms with Gasteiger partial charge in [-0.2, -0.15) is 5.10 Å². The average molecular weight is 221 g/mol. The number of aromatic nitrogens is 2. The summed E-state index contributed by atoms with van der Waals surface area (Å²) >= 11 is 0. The first kappa shape index (κ1) is 13.0. The second-order valence-electron chi connectivity index (χ2n) is 5.07. The summed E-state index contributed by atoms with van der Waals surface area (Å²) in [5.74, 6) is 0. The van der Waals surface area contributed by atoms with E-state index in [1.165, 1.54) is 5.56 Å². The maximum Gasteiger partial charge on any atom is 0.0562 e. The third kappa shape index (κ3) is 5.12. The zero-order valence-electron chi connectivity index (χ0n) is 10.8. The molecule has 90 valence electrons. The van der Waals surface area contributed by atoms with Gasteiger partial charge in [0.2, 0.25) is 0 Å². The maximum absolute atomic E-state index is 4.28. The molecule has 1 rings (SSSR count). The van der Waals surface area contributed by atoms with E-state index >= 15 is 0 Å². The first-order valence-electron chi connectivity index (χ1n) is 5.95. The SMILES string of the molecule is CCCn1cc(/C=C/CNC(C)(C)C)cn1. The zero-order valence-corrected chi connectivity index (χ0v) is 10.8. The van der Waals surface area contributed by atoms with Crippen LogP contribution in [0.3, 0.4) is 0 Å². The van der Waals surface area contributed by atoms with Crippen molar-refractivity contribution in [3.8, 4) is 0 Å². The second-order valence-corrected chi connectivity index (χ2v) is 5.07. The fraction of sp³-hybridized carbons (Fsp3) is 0.615. The van der Waals surface area contributed by atoms with Crippen LogP contribution in [0.1, 0.15) is 39.7 Å². The molecule has 0 spiro atoms. The van der Waals surface area contributed by atoms with E-state index in [0.29, 0.717) is 0 Å². The summed E-state index contributed by atoms with van der Waals surface area (Å²) in [6, 6.07) is 0. The Hall–Kier alpha value is -1.09. The highest BCUT2D eigenvalue weighted by Crippen LogP contribution is 2.02. The Bertz CT molecular complexity index is 331. The van der Waals surface area contributed by atoms with Gasteiger partial charge in [-0.15, -0.1) is 0 Å². The summed E-state index contributed by atoms with van der Waals surface area (Å²) in [5, 5.41) is 7.69. The molecule has 1 N–H and O–H groups in total. The minimum absolute atomic E-state index is 0.177. The van der Waals surface area contributed by atoms with Crippen molar-refractivity contribution in [1.29, 1.82) is 0 Å². The van der Waals surface area contributed by atoms with Crippen LogP contribution in [0, 0.1) is 0 Å². The molecule has 0 amide bonds. The fourth-order valence-corrected chi connectivity index (χ4v) is 1.38. The molecule has 0 aliphatic heterocycles. The Morgan fingerprint density at radius 2 is 2.19 bits per heavy atom. The third-order valence-corrected chi connectivity index (χ3v) is 2.17. The van der Waals surface area contributed by atoms with Crippen LogP contribution in [-0.2, 0) is 6.54 Å². The van der Waals surface area contributed by atoms with E-state index in [-0.39, 0.29) is 5.54 Å². The standard InChI is InChI=1S/C13H23N3/c1-5-9-16-11-12(10-15-16)7-6-8-14-13(2,3)4/h6-7,10-11,14H,5,8-9H2,1-4H3/b7-6+. The summed E-state index contributed by atoms with van der Waals surface area (Å²) < 4.78 is 1.98. The molecule has 1 heterocycles. The summed E-state index contributed by atoms with van der Waals surface area (Å²) in [7, 11) is 0. The van der Waals surface area contributed by atoms with Crippen molar-refractivity contribution in [2.75, 3.05) is 6.54 Å². The van der Waals surface area contributed by atoms with E-state index in [4.69, 9.17) is 0 Å². The lowest BCUT2D eigenvalue weighted by molar-refractivity contribution is 0.450.